The number of hydrogen-bond donors (Lipinski definition) is 0. The maximum Gasteiger partial charge on any atom is 0.167 e. The van der Waals surface area contributed by atoms with Crippen molar-refractivity contribution in [1.29, 1.82) is 0 Å². The molecule has 0 saturated carbocycles. The summed E-state index contributed by atoms with van der Waals surface area (Å²) in [5, 5.41) is 3.78. The molecule has 3 rings (SSSR count). The summed E-state index contributed by atoms with van der Waals surface area (Å²) >= 11 is 0. The highest BCUT2D eigenvalue weighted by molar-refractivity contribution is 5.61. The SMILES string of the molecule is CN1CCC[C@H]1c1cnccc1-c1ccno1. The summed E-state index contributed by atoms with van der Waals surface area (Å²) < 4.78 is 5.26. The molecule has 1 saturated heterocycles. The Hall–Kier alpha value is -1.68. The van der Waals surface area contributed by atoms with E-state index in [-0.39, 0.29) is 0 Å². The lowest BCUT2D eigenvalue weighted by atomic mass is 9.99. The molecule has 1 aliphatic heterocycles. The highest BCUT2D eigenvalue weighted by Crippen LogP contribution is 2.35. The fourth-order valence-electron chi connectivity index (χ4n) is 2.55. The Bertz CT molecular complexity index is 495. The summed E-state index contributed by atoms with van der Waals surface area (Å²) in [4.78, 5) is 6.62. The first-order valence-corrected chi connectivity index (χ1v) is 5.91. The number of aromatic nitrogens is 2. The summed E-state index contributed by atoms with van der Waals surface area (Å²) in [5.41, 5.74) is 2.35. The van der Waals surface area contributed by atoms with Gasteiger partial charge in [-0.15, -0.1) is 0 Å². The summed E-state index contributed by atoms with van der Waals surface area (Å²) in [5.74, 6) is 0.822. The van der Waals surface area contributed by atoms with Gasteiger partial charge in [-0.2, -0.15) is 0 Å². The maximum atomic E-state index is 5.26. The second-order valence-electron chi connectivity index (χ2n) is 4.48. The van der Waals surface area contributed by atoms with Crippen LogP contribution >= 0.6 is 0 Å². The standard InChI is InChI=1S/C13H15N3O/c1-16-8-2-3-12(16)11-9-14-6-4-10(11)13-5-7-15-17-13/h4-7,9,12H,2-3,8H2,1H3/t12-/m0/s1. The van der Waals surface area contributed by atoms with E-state index in [4.69, 9.17) is 4.52 Å². The van der Waals surface area contributed by atoms with Gasteiger partial charge in [0.1, 0.15) is 0 Å². The lowest BCUT2D eigenvalue weighted by molar-refractivity contribution is 0.317. The molecule has 4 nitrogen and oxygen atoms in total. The lowest BCUT2D eigenvalue weighted by Crippen LogP contribution is -2.18. The molecule has 3 heterocycles. The Morgan fingerprint density at radius 2 is 2.29 bits per heavy atom. The zero-order chi connectivity index (χ0) is 11.7. The van der Waals surface area contributed by atoms with Crippen LogP contribution in [-0.2, 0) is 0 Å². The third-order valence-electron chi connectivity index (χ3n) is 3.43. The van der Waals surface area contributed by atoms with E-state index in [1.165, 1.54) is 18.4 Å². The minimum absolute atomic E-state index is 0.448. The normalized spacial score (nSPS) is 20.9. The number of pyridine rings is 1. The summed E-state index contributed by atoms with van der Waals surface area (Å²) in [6.07, 6.45) is 7.85. The van der Waals surface area contributed by atoms with Gasteiger partial charge in [-0.1, -0.05) is 5.16 Å². The topological polar surface area (TPSA) is 42.2 Å². The van der Waals surface area contributed by atoms with Crippen LogP contribution in [0.2, 0.25) is 0 Å². The van der Waals surface area contributed by atoms with Crippen LogP contribution in [0.15, 0.2) is 35.2 Å². The molecule has 0 bridgehead atoms. The third kappa shape index (κ3) is 1.85. The van der Waals surface area contributed by atoms with Gasteiger partial charge in [0.2, 0.25) is 0 Å². The van der Waals surface area contributed by atoms with Crippen LogP contribution in [0.5, 0.6) is 0 Å². The molecule has 2 aromatic rings. The van der Waals surface area contributed by atoms with Crippen molar-refractivity contribution in [3.8, 4) is 11.3 Å². The molecule has 4 heteroatoms. The second kappa shape index (κ2) is 4.30. The Balaban J connectivity index is 2.05. The molecule has 1 aliphatic rings. The zero-order valence-electron chi connectivity index (χ0n) is 9.84. The van der Waals surface area contributed by atoms with Gasteiger partial charge in [0.15, 0.2) is 5.76 Å². The van der Waals surface area contributed by atoms with E-state index >= 15 is 0 Å². The van der Waals surface area contributed by atoms with Crippen LogP contribution in [0.1, 0.15) is 24.4 Å². The monoisotopic (exact) mass is 229 g/mol. The van der Waals surface area contributed by atoms with Crippen LogP contribution in [-0.4, -0.2) is 28.6 Å². The summed E-state index contributed by atoms with van der Waals surface area (Å²) in [7, 11) is 2.16. The van der Waals surface area contributed by atoms with E-state index in [2.05, 4.69) is 22.1 Å². The minimum atomic E-state index is 0.448. The molecule has 1 atom stereocenters. The fraction of sp³-hybridized carbons (Fsp3) is 0.385. The smallest absolute Gasteiger partial charge is 0.167 e. The molecule has 0 N–H and O–H groups in total. The molecule has 0 amide bonds. The number of rotatable bonds is 2. The van der Waals surface area contributed by atoms with Crippen LogP contribution < -0.4 is 0 Å². The predicted molar refractivity (Wildman–Crippen MR) is 64.3 cm³/mol. The third-order valence-corrected chi connectivity index (χ3v) is 3.43. The molecule has 0 spiro atoms. The first kappa shape index (κ1) is 10.5. The molecular weight excluding hydrogens is 214 g/mol. The molecule has 0 aliphatic carbocycles. The molecule has 17 heavy (non-hydrogen) atoms. The molecule has 0 aromatic carbocycles. The Labute approximate surface area is 100 Å². The summed E-state index contributed by atoms with van der Waals surface area (Å²) in [6.45, 7) is 1.15. The van der Waals surface area contributed by atoms with Gasteiger partial charge in [0.25, 0.3) is 0 Å². The van der Waals surface area contributed by atoms with Crippen molar-refractivity contribution < 1.29 is 4.52 Å². The van der Waals surface area contributed by atoms with Crippen molar-refractivity contribution in [2.45, 2.75) is 18.9 Å². The highest BCUT2D eigenvalue weighted by atomic mass is 16.5. The van der Waals surface area contributed by atoms with Crippen molar-refractivity contribution in [2.75, 3.05) is 13.6 Å². The Kier molecular flexibility index (Phi) is 2.65. The van der Waals surface area contributed by atoms with Crippen molar-refractivity contribution in [3.63, 3.8) is 0 Å². The van der Waals surface area contributed by atoms with Crippen molar-refractivity contribution in [1.82, 2.24) is 15.0 Å². The first-order chi connectivity index (χ1) is 8.36. The molecular formula is C13H15N3O. The molecule has 2 aromatic heterocycles. The highest BCUT2D eigenvalue weighted by Gasteiger charge is 2.25. The van der Waals surface area contributed by atoms with E-state index in [9.17, 15) is 0 Å². The number of nitrogens with zero attached hydrogens (tertiary/aromatic N) is 3. The molecule has 0 radical (unpaired) electrons. The van der Waals surface area contributed by atoms with E-state index in [0.29, 0.717) is 6.04 Å². The fourth-order valence-corrected chi connectivity index (χ4v) is 2.55. The first-order valence-electron chi connectivity index (χ1n) is 5.91. The Morgan fingerprint density at radius 3 is 3.00 bits per heavy atom. The molecule has 88 valence electrons. The van der Waals surface area contributed by atoms with Crippen LogP contribution in [0.3, 0.4) is 0 Å². The quantitative estimate of drug-likeness (QED) is 0.793. The van der Waals surface area contributed by atoms with E-state index in [0.717, 1.165) is 17.9 Å². The zero-order valence-corrected chi connectivity index (χ0v) is 9.84. The van der Waals surface area contributed by atoms with Crippen molar-refractivity contribution >= 4 is 0 Å². The lowest BCUT2D eigenvalue weighted by Gasteiger charge is -2.21. The van der Waals surface area contributed by atoms with Gasteiger partial charge in [0, 0.05) is 30.1 Å². The van der Waals surface area contributed by atoms with E-state index in [1.54, 1.807) is 12.4 Å². The van der Waals surface area contributed by atoms with Crippen LogP contribution in [0.4, 0.5) is 0 Å². The largest absolute Gasteiger partial charge is 0.356 e. The van der Waals surface area contributed by atoms with Crippen molar-refractivity contribution in [2.24, 2.45) is 0 Å². The van der Waals surface area contributed by atoms with Gasteiger partial charge < -0.3 is 4.52 Å². The average molecular weight is 229 g/mol. The average Bonchev–Trinajstić information content (AvgIpc) is 3.00. The molecule has 0 unspecified atom stereocenters. The second-order valence-corrected chi connectivity index (χ2v) is 4.48. The van der Waals surface area contributed by atoms with Crippen LogP contribution in [0, 0.1) is 0 Å². The van der Waals surface area contributed by atoms with Crippen molar-refractivity contribution in [3.05, 3.63) is 36.3 Å². The van der Waals surface area contributed by atoms with Crippen LogP contribution in [0.25, 0.3) is 11.3 Å². The van der Waals surface area contributed by atoms with Gasteiger partial charge in [-0.25, -0.2) is 0 Å². The molecule has 1 fully saturated rings. The van der Waals surface area contributed by atoms with Gasteiger partial charge in [-0.3, -0.25) is 9.88 Å². The van der Waals surface area contributed by atoms with Gasteiger partial charge in [0.05, 0.1) is 6.20 Å². The minimum Gasteiger partial charge on any atom is -0.356 e. The maximum absolute atomic E-state index is 5.26. The number of hydrogen-bond acceptors (Lipinski definition) is 4. The summed E-state index contributed by atoms with van der Waals surface area (Å²) in [6, 6.07) is 4.35. The Morgan fingerprint density at radius 1 is 1.35 bits per heavy atom. The van der Waals surface area contributed by atoms with Gasteiger partial charge in [-0.05, 0) is 38.1 Å². The van der Waals surface area contributed by atoms with Gasteiger partial charge >= 0.3 is 0 Å². The number of likely N-dealkylation sites (tertiary alicyclic amines) is 1. The predicted octanol–water partition coefficient (Wildman–Crippen LogP) is 2.50. The van der Waals surface area contributed by atoms with E-state index in [1.807, 2.05) is 18.3 Å². The van der Waals surface area contributed by atoms with E-state index < -0.39 is 0 Å².